The van der Waals surface area contributed by atoms with E-state index in [-0.39, 0.29) is 6.61 Å². The third kappa shape index (κ3) is 6.63. The molecule has 0 fully saturated rings. The first-order valence-electron chi connectivity index (χ1n) is 5.71. The quantitative estimate of drug-likeness (QED) is 0.644. The normalized spacial score (nSPS) is 11.3. The smallest absolute Gasteiger partial charge is 0.261 e. The van der Waals surface area contributed by atoms with Crippen LogP contribution in [-0.4, -0.2) is 44.9 Å². The molecule has 5 nitrogen and oxygen atoms in total. The van der Waals surface area contributed by atoms with Crippen LogP contribution in [0.3, 0.4) is 0 Å². The fourth-order valence-corrected chi connectivity index (χ4v) is 1.26. The van der Waals surface area contributed by atoms with Gasteiger partial charge >= 0.3 is 0 Å². The van der Waals surface area contributed by atoms with Crippen LogP contribution in [0.2, 0.25) is 0 Å². The molecule has 0 unspecified atom stereocenters. The molecule has 1 N–H and O–H groups in total. The minimum Gasteiger partial charge on any atom is -0.444 e. The predicted octanol–water partition coefficient (Wildman–Crippen LogP) is 1.23. The van der Waals surface area contributed by atoms with Gasteiger partial charge in [-0.3, -0.25) is 0 Å². The lowest BCUT2D eigenvalue weighted by Crippen LogP contribution is -2.18. The number of nitrogens with zero attached hydrogens (tertiary/aromatic N) is 1. The van der Waals surface area contributed by atoms with Gasteiger partial charge in [-0.05, 0) is 0 Å². The van der Waals surface area contributed by atoms with Crippen LogP contribution in [-0.2, 0) is 22.4 Å². The number of aromatic nitrogens is 1. The summed E-state index contributed by atoms with van der Waals surface area (Å²) in [6.07, 6.45) is -0.406. The Morgan fingerprint density at radius 1 is 1.44 bits per heavy atom. The predicted molar refractivity (Wildman–Crippen MR) is 60.6 cm³/mol. The van der Waals surface area contributed by atoms with Crippen LogP contribution in [0.1, 0.15) is 11.7 Å². The average Bonchev–Trinajstić information content (AvgIpc) is 2.78. The largest absolute Gasteiger partial charge is 0.444 e. The molecule has 1 aromatic heterocycles. The van der Waals surface area contributed by atoms with E-state index in [2.05, 4.69) is 10.3 Å². The summed E-state index contributed by atoms with van der Waals surface area (Å²) in [6, 6.07) is 0. The Morgan fingerprint density at radius 3 is 3.00 bits per heavy atom. The molecule has 18 heavy (non-hydrogen) atoms. The number of halogens is 2. The standard InChI is InChI=1S/C11H18F2N2O3/c1-16-5-3-14-7-11-15-6-9(18-11)2-4-17-8-10(12)13/h6,10,14H,2-5,7-8H2,1H3. The van der Waals surface area contributed by atoms with Crippen LogP contribution in [0.15, 0.2) is 10.6 Å². The summed E-state index contributed by atoms with van der Waals surface area (Å²) < 4.78 is 38.6. The van der Waals surface area contributed by atoms with Crippen molar-refractivity contribution < 1.29 is 22.7 Å². The molecule has 7 heteroatoms. The van der Waals surface area contributed by atoms with E-state index < -0.39 is 13.0 Å². The summed E-state index contributed by atoms with van der Waals surface area (Å²) >= 11 is 0. The van der Waals surface area contributed by atoms with E-state index >= 15 is 0 Å². The van der Waals surface area contributed by atoms with Gasteiger partial charge in [0, 0.05) is 20.1 Å². The van der Waals surface area contributed by atoms with Crippen molar-refractivity contribution in [3.05, 3.63) is 17.8 Å². The van der Waals surface area contributed by atoms with E-state index in [4.69, 9.17) is 13.9 Å². The number of methoxy groups -OCH3 is 1. The van der Waals surface area contributed by atoms with Crippen molar-refractivity contribution in [1.82, 2.24) is 10.3 Å². The molecule has 0 spiro atoms. The van der Waals surface area contributed by atoms with Gasteiger partial charge in [-0.15, -0.1) is 0 Å². The van der Waals surface area contributed by atoms with E-state index in [9.17, 15) is 8.78 Å². The summed E-state index contributed by atoms with van der Waals surface area (Å²) in [7, 11) is 1.63. The molecule has 0 aliphatic carbocycles. The van der Waals surface area contributed by atoms with Crippen LogP contribution < -0.4 is 5.32 Å². The van der Waals surface area contributed by atoms with Crippen molar-refractivity contribution in [1.29, 1.82) is 0 Å². The Kier molecular flexibility index (Phi) is 7.47. The van der Waals surface area contributed by atoms with Gasteiger partial charge in [0.2, 0.25) is 5.89 Å². The molecule has 1 aromatic rings. The molecule has 0 bridgehead atoms. The molecule has 0 radical (unpaired) electrons. The van der Waals surface area contributed by atoms with Gasteiger partial charge in [0.1, 0.15) is 12.4 Å². The van der Waals surface area contributed by atoms with Crippen LogP contribution >= 0.6 is 0 Å². The SMILES string of the molecule is COCCNCc1ncc(CCOCC(F)F)o1. The molecule has 0 atom stereocenters. The van der Waals surface area contributed by atoms with Gasteiger partial charge in [-0.2, -0.15) is 0 Å². The molecule has 0 aliphatic heterocycles. The maximum absolute atomic E-state index is 11.8. The molecule has 1 heterocycles. The molecule has 0 saturated heterocycles. The number of hydrogen-bond acceptors (Lipinski definition) is 5. The Bertz CT molecular complexity index is 321. The third-order valence-corrected chi connectivity index (χ3v) is 2.10. The van der Waals surface area contributed by atoms with Gasteiger partial charge in [0.15, 0.2) is 0 Å². The van der Waals surface area contributed by atoms with E-state index in [0.29, 0.717) is 37.8 Å². The van der Waals surface area contributed by atoms with Crippen LogP contribution in [0, 0.1) is 0 Å². The van der Waals surface area contributed by atoms with Gasteiger partial charge < -0.3 is 19.2 Å². The number of hydrogen-bond donors (Lipinski definition) is 1. The number of oxazole rings is 1. The van der Waals surface area contributed by atoms with Gasteiger partial charge in [0.05, 0.1) is 26.0 Å². The summed E-state index contributed by atoms with van der Waals surface area (Å²) in [5, 5.41) is 3.09. The Morgan fingerprint density at radius 2 is 2.28 bits per heavy atom. The van der Waals surface area contributed by atoms with Crippen LogP contribution in [0.25, 0.3) is 0 Å². The molecular weight excluding hydrogens is 246 g/mol. The second-order valence-electron chi connectivity index (χ2n) is 3.61. The first-order valence-corrected chi connectivity index (χ1v) is 5.71. The minimum atomic E-state index is -2.43. The number of alkyl halides is 2. The van der Waals surface area contributed by atoms with Crippen molar-refractivity contribution in [2.45, 2.75) is 19.4 Å². The molecule has 0 aliphatic rings. The van der Waals surface area contributed by atoms with Crippen molar-refractivity contribution in [3.8, 4) is 0 Å². The van der Waals surface area contributed by atoms with Crippen molar-refractivity contribution >= 4 is 0 Å². The van der Waals surface area contributed by atoms with Gasteiger partial charge in [-0.1, -0.05) is 0 Å². The summed E-state index contributed by atoms with van der Waals surface area (Å²) in [6.45, 7) is 1.51. The molecule has 0 saturated carbocycles. The Hall–Kier alpha value is -1.05. The zero-order chi connectivity index (χ0) is 13.2. The van der Waals surface area contributed by atoms with E-state index in [1.54, 1.807) is 13.3 Å². The molecular formula is C11H18F2N2O3. The third-order valence-electron chi connectivity index (χ3n) is 2.10. The van der Waals surface area contributed by atoms with E-state index in [0.717, 1.165) is 0 Å². The highest BCUT2D eigenvalue weighted by Crippen LogP contribution is 2.05. The maximum atomic E-state index is 11.8. The topological polar surface area (TPSA) is 56.5 Å². The lowest BCUT2D eigenvalue weighted by Gasteiger charge is -2.01. The van der Waals surface area contributed by atoms with Crippen LogP contribution in [0.5, 0.6) is 0 Å². The number of nitrogens with one attached hydrogen (secondary N) is 1. The monoisotopic (exact) mass is 264 g/mol. The first-order chi connectivity index (χ1) is 8.72. The van der Waals surface area contributed by atoms with Crippen molar-refractivity contribution in [2.75, 3.05) is 33.5 Å². The van der Waals surface area contributed by atoms with Gasteiger partial charge in [0.25, 0.3) is 6.43 Å². The van der Waals surface area contributed by atoms with Crippen molar-refractivity contribution in [3.63, 3.8) is 0 Å². The van der Waals surface area contributed by atoms with Crippen LogP contribution in [0.4, 0.5) is 8.78 Å². The average molecular weight is 264 g/mol. The molecule has 0 aromatic carbocycles. The van der Waals surface area contributed by atoms with E-state index in [1.165, 1.54) is 0 Å². The molecule has 104 valence electrons. The molecule has 0 amide bonds. The Balaban J connectivity index is 2.13. The maximum Gasteiger partial charge on any atom is 0.261 e. The number of ether oxygens (including phenoxy) is 2. The summed E-state index contributed by atoms with van der Waals surface area (Å²) in [5.41, 5.74) is 0. The summed E-state index contributed by atoms with van der Waals surface area (Å²) in [5.74, 6) is 1.20. The van der Waals surface area contributed by atoms with Crippen molar-refractivity contribution in [2.24, 2.45) is 0 Å². The lowest BCUT2D eigenvalue weighted by atomic mass is 10.4. The Labute approximate surface area is 104 Å². The lowest BCUT2D eigenvalue weighted by molar-refractivity contribution is 0.0176. The fourth-order valence-electron chi connectivity index (χ4n) is 1.26. The highest BCUT2D eigenvalue weighted by atomic mass is 19.3. The second kappa shape index (κ2) is 8.96. The highest BCUT2D eigenvalue weighted by Gasteiger charge is 2.05. The fraction of sp³-hybridized carbons (Fsp3) is 0.727. The first kappa shape index (κ1) is 15.0. The van der Waals surface area contributed by atoms with E-state index in [1.807, 2.05) is 0 Å². The molecule has 1 rings (SSSR count). The summed E-state index contributed by atoms with van der Waals surface area (Å²) in [4.78, 5) is 4.05. The highest BCUT2D eigenvalue weighted by molar-refractivity contribution is 4.94. The minimum absolute atomic E-state index is 0.204. The zero-order valence-electron chi connectivity index (χ0n) is 10.3. The zero-order valence-corrected chi connectivity index (χ0v) is 10.3. The second-order valence-corrected chi connectivity index (χ2v) is 3.61. The number of rotatable bonds is 10. The van der Waals surface area contributed by atoms with Gasteiger partial charge in [-0.25, -0.2) is 13.8 Å².